The Morgan fingerprint density at radius 1 is 1.29 bits per heavy atom. The molecule has 0 aliphatic carbocycles. The largest absolute Gasteiger partial charge is 0.480 e. The van der Waals surface area contributed by atoms with Crippen molar-refractivity contribution >= 4 is 28.7 Å². The molecule has 0 bridgehead atoms. The van der Waals surface area contributed by atoms with E-state index in [2.05, 4.69) is 10.3 Å². The van der Waals surface area contributed by atoms with Gasteiger partial charge < -0.3 is 21.1 Å². The van der Waals surface area contributed by atoms with Crippen LogP contribution >= 0.6 is 0 Å². The fourth-order valence-corrected chi connectivity index (χ4v) is 2.10. The number of carboxylic acids is 1. The van der Waals surface area contributed by atoms with Crippen molar-refractivity contribution in [3.63, 3.8) is 0 Å². The van der Waals surface area contributed by atoms with Gasteiger partial charge in [0.15, 0.2) is 0 Å². The maximum absolute atomic E-state index is 11.9. The molecule has 7 heteroatoms. The van der Waals surface area contributed by atoms with Crippen molar-refractivity contribution in [1.29, 1.82) is 0 Å². The highest BCUT2D eigenvalue weighted by Gasteiger charge is 2.22. The summed E-state index contributed by atoms with van der Waals surface area (Å²) in [6, 6.07) is 6.16. The van der Waals surface area contributed by atoms with Crippen LogP contribution in [-0.4, -0.2) is 33.9 Å². The van der Waals surface area contributed by atoms with E-state index in [4.69, 9.17) is 10.8 Å². The molecule has 2 rings (SSSR count). The molecule has 1 aromatic heterocycles. The van der Waals surface area contributed by atoms with Crippen LogP contribution in [-0.2, 0) is 20.8 Å². The van der Waals surface area contributed by atoms with Crippen LogP contribution < -0.4 is 11.1 Å². The molecule has 0 aliphatic rings. The van der Waals surface area contributed by atoms with E-state index in [1.807, 2.05) is 24.3 Å². The summed E-state index contributed by atoms with van der Waals surface area (Å²) in [7, 11) is 0. The van der Waals surface area contributed by atoms with Crippen LogP contribution in [0.3, 0.4) is 0 Å². The highest BCUT2D eigenvalue weighted by Crippen LogP contribution is 2.18. The second kappa shape index (κ2) is 6.08. The minimum Gasteiger partial charge on any atom is -0.480 e. The third-order valence-electron chi connectivity index (χ3n) is 3.06. The molecule has 7 nitrogen and oxygen atoms in total. The number of aromatic nitrogens is 1. The normalized spacial score (nSPS) is 12.0. The monoisotopic (exact) mass is 289 g/mol. The quantitative estimate of drug-likeness (QED) is 0.604. The summed E-state index contributed by atoms with van der Waals surface area (Å²) in [4.78, 5) is 36.7. The van der Waals surface area contributed by atoms with Crippen LogP contribution in [0.5, 0.6) is 0 Å². The van der Waals surface area contributed by atoms with E-state index in [-0.39, 0.29) is 6.42 Å². The SMILES string of the molecule is NC(=O)CC(NC(=O)Cc1c[nH]c2ccccc12)C(=O)O. The van der Waals surface area contributed by atoms with Gasteiger partial charge in [-0.2, -0.15) is 0 Å². The maximum atomic E-state index is 11.9. The number of fused-ring (bicyclic) bond motifs is 1. The van der Waals surface area contributed by atoms with Gasteiger partial charge >= 0.3 is 5.97 Å². The first-order chi connectivity index (χ1) is 9.97. The van der Waals surface area contributed by atoms with Crippen molar-refractivity contribution in [3.05, 3.63) is 36.0 Å². The minimum absolute atomic E-state index is 0.0204. The number of amides is 2. The lowest BCUT2D eigenvalue weighted by atomic mass is 10.1. The van der Waals surface area contributed by atoms with E-state index >= 15 is 0 Å². The van der Waals surface area contributed by atoms with E-state index in [9.17, 15) is 14.4 Å². The summed E-state index contributed by atoms with van der Waals surface area (Å²) in [5.74, 6) is -2.55. The molecule has 0 radical (unpaired) electrons. The Labute approximate surface area is 120 Å². The fraction of sp³-hybridized carbons (Fsp3) is 0.214. The Morgan fingerprint density at radius 2 is 2.00 bits per heavy atom. The highest BCUT2D eigenvalue weighted by atomic mass is 16.4. The minimum atomic E-state index is -1.31. The van der Waals surface area contributed by atoms with Crippen LogP contribution in [0.25, 0.3) is 10.9 Å². The molecule has 0 saturated carbocycles. The number of aromatic amines is 1. The zero-order valence-corrected chi connectivity index (χ0v) is 11.1. The van der Waals surface area contributed by atoms with Gasteiger partial charge in [0.05, 0.1) is 12.8 Å². The molecular weight excluding hydrogens is 274 g/mol. The van der Waals surface area contributed by atoms with Crippen LogP contribution in [0.2, 0.25) is 0 Å². The van der Waals surface area contributed by atoms with Crippen LogP contribution in [0, 0.1) is 0 Å². The molecule has 1 atom stereocenters. The summed E-state index contributed by atoms with van der Waals surface area (Å²) >= 11 is 0. The number of carbonyl (C=O) groups excluding carboxylic acids is 2. The second-order valence-electron chi connectivity index (χ2n) is 4.67. The van der Waals surface area contributed by atoms with Gasteiger partial charge in [-0.25, -0.2) is 4.79 Å². The van der Waals surface area contributed by atoms with Gasteiger partial charge in [0, 0.05) is 17.1 Å². The molecule has 1 unspecified atom stereocenters. The first-order valence-electron chi connectivity index (χ1n) is 6.33. The molecule has 5 N–H and O–H groups in total. The second-order valence-corrected chi connectivity index (χ2v) is 4.67. The average Bonchev–Trinajstić information content (AvgIpc) is 2.81. The molecule has 2 aromatic rings. The lowest BCUT2D eigenvalue weighted by Gasteiger charge is -2.12. The van der Waals surface area contributed by atoms with Crippen molar-refractivity contribution in [1.82, 2.24) is 10.3 Å². The Morgan fingerprint density at radius 3 is 2.67 bits per heavy atom. The number of benzene rings is 1. The Balaban J connectivity index is 2.07. The maximum Gasteiger partial charge on any atom is 0.326 e. The molecule has 0 aliphatic heterocycles. The number of rotatable bonds is 6. The molecule has 0 saturated heterocycles. The van der Waals surface area contributed by atoms with Crippen molar-refractivity contribution in [3.8, 4) is 0 Å². The topological polar surface area (TPSA) is 125 Å². The van der Waals surface area contributed by atoms with Crippen LogP contribution in [0.1, 0.15) is 12.0 Å². The average molecular weight is 289 g/mol. The molecule has 2 amide bonds. The van der Waals surface area contributed by atoms with Crippen LogP contribution in [0.15, 0.2) is 30.5 Å². The molecule has 1 aromatic carbocycles. The number of aliphatic carboxylic acids is 1. The first kappa shape index (κ1) is 14.6. The number of carboxylic acid groups (broad SMARTS) is 1. The van der Waals surface area contributed by atoms with Gasteiger partial charge in [-0.3, -0.25) is 9.59 Å². The van der Waals surface area contributed by atoms with E-state index in [1.54, 1.807) is 6.20 Å². The van der Waals surface area contributed by atoms with Gasteiger partial charge in [-0.15, -0.1) is 0 Å². The third-order valence-corrected chi connectivity index (χ3v) is 3.06. The van der Waals surface area contributed by atoms with E-state index in [0.717, 1.165) is 16.5 Å². The molecular formula is C14H15N3O4. The molecule has 0 spiro atoms. The van der Waals surface area contributed by atoms with Crippen molar-refractivity contribution in [2.24, 2.45) is 5.73 Å². The number of para-hydroxylation sites is 1. The van der Waals surface area contributed by atoms with Gasteiger partial charge in [0.2, 0.25) is 11.8 Å². The Hall–Kier alpha value is -2.83. The van der Waals surface area contributed by atoms with Crippen molar-refractivity contribution < 1.29 is 19.5 Å². The van der Waals surface area contributed by atoms with E-state index in [1.165, 1.54) is 0 Å². The number of nitrogens with one attached hydrogen (secondary N) is 2. The zero-order chi connectivity index (χ0) is 15.4. The third kappa shape index (κ3) is 3.59. The fourth-order valence-electron chi connectivity index (χ4n) is 2.10. The van der Waals surface area contributed by atoms with E-state index in [0.29, 0.717) is 0 Å². The van der Waals surface area contributed by atoms with E-state index < -0.39 is 30.2 Å². The summed E-state index contributed by atoms with van der Waals surface area (Å²) < 4.78 is 0. The lowest BCUT2D eigenvalue weighted by Crippen LogP contribution is -2.43. The van der Waals surface area contributed by atoms with Gasteiger partial charge in [0.1, 0.15) is 6.04 Å². The summed E-state index contributed by atoms with van der Waals surface area (Å²) in [5.41, 5.74) is 6.61. The highest BCUT2D eigenvalue weighted by molar-refractivity contribution is 5.92. The van der Waals surface area contributed by atoms with Crippen molar-refractivity contribution in [2.75, 3.05) is 0 Å². The Bertz CT molecular complexity index is 692. The summed E-state index contributed by atoms with van der Waals surface area (Å²) in [6.45, 7) is 0. The predicted octanol–water partition coefficient (Wildman–Crippen LogP) is 0.155. The van der Waals surface area contributed by atoms with Gasteiger partial charge in [-0.05, 0) is 11.6 Å². The predicted molar refractivity (Wildman–Crippen MR) is 75.4 cm³/mol. The zero-order valence-electron chi connectivity index (χ0n) is 11.1. The molecule has 110 valence electrons. The molecule has 0 fully saturated rings. The first-order valence-corrected chi connectivity index (χ1v) is 6.33. The number of hydrogen-bond donors (Lipinski definition) is 4. The van der Waals surface area contributed by atoms with Gasteiger partial charge in [-0.1, -0.05) is 18.2 Å². The molecule has 1 heterocycles. The number of H-pyrrole nitrogens is 1. The lowest BCUT2D eigenvalue weighted by molar-refractivity contribution is -0.143. The Kier molecular flexibility index (Phi) is 4.22. The smallest absolute Gasteiger partial charge is 0.326 e. The number of hydrogen-bond acceptors (Lipinski definition) is 3. The van der Waals surface area contributed by atoms with Crippen LogP contribution in [0.4, 0.5) is 0 Å². The molecule has 21 heavy (non-hydrogen) atoms. The summed E-state index contributed by atoms with van der Waals surface area (Å²) in [6.07, 6.45) is 1.29. The van der Waals surface area contributed by atoms with Gasteiger partial charge in [0.25, 0.3) is 0 Å². The number of primary amides is 1. The van der Waals surface area contributed by atoms with Crippen molar-refractivity contribution in [2.45, 2.75) is 18.9 Å². The number of nitrogens with two attached hydrogens (primary N) is 1. The standard InChI is InChI=1S/C14H15N3O4/c15-12(18)6-11(14(20)21)17-13(19)5-8-7-16-10-4-2-1-3-9(8)10/h1-4,7,11,16H,5-6H2,(H2,15,18)(H,17,19)(H,20,21). The number of carbonyl (C=O) groups is 3. The summed E-state index contributed by atoms with van der Waals surface area (Å²) in [5, 5.41) is 12.1.